The molecule has 0 radical (unpaired) electrons. The van der Waals surface area contributed by atoms with Crippen LogP contribution >= 0.6 is 0 Å². The van der Waals surface area contributed by atoms with Crippen molar-refractivity contribution in [1.82, 2.24) is 24.4 Å². The van der Waals surface area contributed by atoms with Crippen LogP contribution < -0.4 is 0 Å². The van der Waals surface area contributed by atoms with Crippen molar-refractivity contribution in [2.45, 2.75) is 51.3 Å². The molecule has 4 aromatic rings. The second-order valence-electron chi connectivity index (χ2n) is 10.8. The molecule has 3 heterocycles. The molecular weight excluding hydrogens is 464 g/mol. The summed E-state index contributed by atoms with van der Waals surface area (Å²) in [5.41, 5.74) is 4.96. The number of carbonyl (C=O) groups is 1. The highest BCUT2D eigenvalue weighted by atomic mass is 16.6. The second kappa shape index (κ2) is 9.00. The van der Waals surface area contributed by atoms with Gasteiger partial charge < -0.3 is 9.30 Å². The number of hydrogen-bond donors (Lipinski definition) is 0. The second-order valence-corrected chi connectivity index (χ2v) is 10.8. The van der Waals surface area contributed by atoms with E-state index in [4.69, 9.17) is 4.74 Å². The summed E-state index contributed by atoms with van der Waals surface area (Å²) in [6, 6.07) is 16.0. The maximum atomic E-state index is 13.0. The Hall–Kier alpha value is -4.25. The van der Waals surface area contributed by atoms with Gasteiger partial charge in [-0.15, -0.1) is 0 Å². The number of aromatic nitrogens is 4. The number of nitrogens with zero attached hydrogens (tertiary/aromatic N) is 6. The van der Waals surface area contributed by atoms with E-state index < -0.39 is 5.60 Å². The van der Waals surface area contributed by atoms with E-state index in [2.05, 4.69) is 38.6 Å². The van der Waals surface area contributed by atoms with Gasteiger partial charge in [0.2, 0.25) is 0 Å². The molecule has 2 aromatic heterocycles. The summed E-state index contributed by atoms with van der Waals surface area (Å²) in [6.07, 6.45) is 10.4. The van der Waals surface area contributed by atoms with Crippen molar-refractivity contribution >= 4 is 17.1 Å². The number of rotatable bonds is 5. The highest BCUT2D eigenvalue weighted by Gasteiger charge is 2.51. The predicted octanol–water partition coefficient (Wildman–Crippen LogP) is 5.34. The van der Waals surface area contributed by atoms with Crippen LogP contribution in [-0.4, -0.2) is 42.7 Å². The lowest BCUT2D eigenvalue weighted by molar-refractivity contribution is -0.0270. The smallest absolute Gasteiger partial charge is 0.410 e. The third-order valence-electron chi connectivity index (χ3n) is 7.70. The van der Waals surface area contributed by atoms with Crippen molar-refractivity contribution in [2.24, 2.45) is 5.41 Å². The van der Waals surface area contributed by atoms with E-state index in [1.54, 1.807) is 18.5 Å². The molecule has 1 spiro atoms. The summed E-state index contributed by atoms with van der Waals surface area (Å²) in [4.78, 5) is 27.6. The molecule has 37 heavy (non-hydrogen) atoms. The molecule has 8 heteroatoms. The highest BCUT2D eigenvalue weighted by Crippen LogP contribution is 2.47. The van der Waals surface area contributed by atoms with Crippen molar-refractivity contribution < 1.29 is 9.53 Å². The van der Waals surface area contributed by atoms with Crippen LogP contribution in [0.15, 0.2) is 67.5 Å². The zero-order valence-electron chi connectivity index (χ0n) is 20.8. The molecule has 1 aliphatic heterocycles. The van der Waals surface area contributed by atoms with Gasteiger partial charge in [0.1, 0.15) is 11.9 Å². The first-order valence-corrected chi connectivity index (χ1v) is 12.6. The normalized spacial score (nSPS) is 23.4. The fourth-order valence-electron chi connectivity index (χ4n) is 6.15. The van der Waals surface area contributed by atoms with Gasteiger partial charge >= 0.3 is 6.09 Å². The average molecular weight is 493 g/mol. The number of ether oxygens (including phenoxy) is 1. The van der Waals surface area contributed by atoms with Crippen molar-refractivity contribution in [3.05, 3.63) is 78.6 Å². The summed E-state index contributed by atoms with van der Waals surface area (Å²) in [5.74, 6) is 0. The van der Waals surface area contributed by atoms with Crippen LogP contribution in [-0.2, 0) is 17.8 Å². The number of amides is 1. The van der Waals surface area contributed by atoms with Gasteiger partial charge in [-0.25, -0.2) is 19.7 Å². The summed E-state index contributed by atoms with van der Waals surface area (Å²) in [6.45, 7) is 4.12. The van der Waals surface area contributed by atoms with Crippen LogP contribution in [0.3, 0.4) is 0 Å². The van der Waals surface area contributed by atoms with Crippen LogP contribution in [0.1, 0.15) is 43.7 Å². The lowest BCUT2D eigenvalue weighted by atomic mass is 9.68. The van der Waals surface area contributed by atoms with Gasteiger partial charge in [-0.2, -0.15) is 5.26 Å². The number of carbonyl (C=O) groups excluding carboxylic acids is 1. The van der Waals surface area contributed by atoms with Crippen LogP contribution in [0.2, 0.25) is 0 Å². The Balaban J connectivity index is 1.19. The molecule has 2 aromatic carbocycles. The quantitative estimate of drug-likeness (QED) is 0.373. The van der Waals surface area contributed by atoms with E-state index >= 15 is 0 Å². The van der Waals surface area contributed by atoms with Gasteiger partial charge in [-0.3, -0.25) is 4.90 Å². The van der Waals surface area contributed by atoms with Crippen LogP contribution in [0, 0.1) is 16.7 Å². The van der Waals surface area contributed by atoms with Gasteiger partial charge in [-0.1, -0.05) is 25.1 Å². The lowest BCUT2D eigenvalue weighted by Crippen LogP contribution is -2.44. The molecule has 8 nitrogen and oxygen atoms in total. The number of nitriles is 1. The molecule has 1 saturated heterocycles. The van der Waals surface area contributed by atoms with E-state index in [-0.39, 0.29) is 11.5 Å². The van der Waals surface area contributed by atoms with E-state index in [1.165, 1.54) is 6.33 Å². The number of hydrogen-bond acceptors (Lipinski definition) is 6. The van der Waals surface area contributed by atoms with Gasteiger partial charge in [0.25, 0.3) is 0 Å². The average Bonchev–Trinajstić information content (AvgIpc) is 3.43. The third-order valence-corrected chi connectivity index (χ3v) is 7.70. The Kier molecular flexibility index (Phi) is 5.64. The standard InChI is InChI=1S/C29H28N6O2/c1-28(17-35-20-33-25-7-6-21(12-30)11-26(25)35)8-3-9-29(16-28)18-34(27(36)37-29)15-22-4-2-5-23(10-22)24-13-31-19-32-14-24/h2,4-7,10-11,13-14,19-20H,3,8-9,15-18H2,1H3. The minimum absolute atomic E-state index is 0.0575. The fourth-order valence-corrected chi connectivity index (χ4v) is 6.15. The number of benzene rings is 2. The molecule has 1 aliphatic carbocycles. The zero-order chi connectivity index (χ0) is 25.5. The monoisotopic (exact) mass is 492 g/mol. The fraction of sp³-hybridized carbons (Fsp3) is 0.345. The van der Waals surface area contributed by atoms with Crippen molar-refractivity contribution in [2.75, 3.05) is 6.54 Å². The Morgan fingerprint density at radius 2 is 1.97 bits per heavy atom. The van der Waals surface area contributed by atoms with E-state index in [0.717, 1.165) is 60.0 Å². The first kappa shape index (κ1) is 23.2. The predicted molar refractivity (Wildman–Crippen MR) is 138 cm³/mol. The maximum absolute atomic E-state index is 13.0. The first-order valence-electron chi connectivity index (χ1n) is 12.6. The largest absolute Gasteiger partial charge is 0.441 e. The van der Waals surface area contributed by atoms with Gasteiger partial charge in [0.05, 0.1) is 35.5 Å². The SMILES string of the molecule is CC1(Cn2cnc3ccc(C#N)cc32)CCCC2(CN(Cc3cccc(-c4cncnc4)c3)C(=O)O2)C1. The summed E-state index contributed by atoms with van der Waals surface area (Å²) < 4.78 is 8.27. The molecule has 2 aliphatic rings. The Morgan fingerprint density at radius 3 is 2.81 bits per heavy atom. The molecule has 6 rings (SSSR count). The van der Waals surface area contributed by atoms with Gasteiger partial charge in [0.15, 0.2) is 0 Å². The Labute approximate surface area is 215 Å². The molecule has 186 valence electrons. The molecule has 2 fully saturated rings. The van der Waals surface area contributed by atoms with Crippen molar-refractivity contribution in [3.63, 3.8) is 0 Å². The minimum atomic E-state index is -0.483. The molecule has 1 saturated carbocycles. The highest BCUT2D eigenvalue weighted by molar-refractivity contribution is 5.77. The van der Waals surface area contributed by atoms with Crippen LogP contribution in [0.25, 0.3) is 22.2 Å². The number of imidazole rings is 1. The lowest BCUT2D eigenvalue weighted by Gasteiger charge is -2.43. The first-order chi connectivity index (χ1) is 17.9. The summed E-state index contributed by atoms with van der Waals surface area (Å²) in [5, 5.41) is 9.33. The molecular formula is C29H28N6O2. The van der Waals surface area contributed by atoms with E-state index in [9.17, 15) is 10.1 Å². The Bertz CT molecular complexity index is 1510. The molecule has 1 amide bonds. The van der Waals surface area contributed by atoms with Crippen LogP contribution in [0.4, 0.5) is 4.79 Å². The molecule has 0 N–H and O–H groups in total. The van der Waals surface area contributed by atoms with Gasteiger partial charge in [-0.05, 0) is 66.5 Å². The summed E-state index contributed by atoms with van der Waals surface area (Å²) >= 11 is 0. The maximum Gasteiger partial charge on any atom is 0.410 e. The third kappa shape index (κ3) is 4.53. The van der Waals surface area contributed by atoms with E-state index in [0.29, 0.717) is 18.7 Å². The van der Waals surface area contributed by atoms with Crippen molar-refractivity contribution in [1.29, 1.82) is 5.26 Å². The number of fused-ring (bicyclic) bond motifs is 1. The van der Waals surface area contributed by atoms with Crippen LogP contribution in [0.5, 0.6) is 0 Å². The van der Waals surface area contributed by atoms with E-state index in [1.807, 2.05) is 41.6 Å². The molecule has 2 unspecified atom stereocenters. The summed E-state index contributed by atoms with van der Waals surface area (Å²) in [7, 11) is 0. The topological polar surface area (TPSA) is 96.9 Å². The molecule has 0 bridgehead atoms. The molecule has 2 atom stereocenters. The van der Waals surface area contributed by atoms with Crippen molar-refractivity contribution in [3.8, 4) is 17.2 Å². The zero-order valence-corrected chi connectivity index (χ0v) is 20.8. The Morgan fingerprint density at radius 1 is 1.11 bits per heavy atom. The minimum Gasteiger partial charge on any atom is -0.441 e. The van der Waals surface area contributed by atoms with Gasteiger partial charge in [0, 0.05) is 31.0 Å².